The van der Waals surface area contributed by atoms with Gasteiger partial charge in [-0.15, -0.1) is 5.92 Å². The summed E-state index contributed by atoms with van der Waals surface area (Å²) in [5, 5.41) is 2.02. The highest BCUT2D eigenvalue weighted by molar-refractivity contribution is 9.10. The monoisotopic (exact) mass is 534 g/mol. The fourth-order valence-electron chi connectivity index (χ4n) is 3.96. The number of amides is 1. The van der Waals surface area contributed by atoms with Crippen LogP contribution in [0.3, 0.4) is 0 Å². The van der Waals surface area contributed by atoms with Crippen LogP contribution >= 0.6 is 15.9 Å². The summed E-state index contributed by atoms with van der Waals surface area (Å²) in [7, 11) is -0.675. The minimum atomic E-state index is -2.08. The second-order valence-corrected chi connectivity index (χ2v) is 15.6. The highest BCUT2D eigenvalue weighted by atomic mass is 79.9. The highest BCUT2D eigenvalue weighted by Crippen LogP contribution is 2.43. The molecular formula is C25H35BrN2O4Si. The average molecular weight is 536 g/mol. The lowest BCUT2D eigenvalue weighted by Crippen LogP contribution is -2.48. The third kappa shape index (κ3) is 5.48. The predicted octanol–water partition coefficient (Wildman–Crippen LogP) is 5.96. The number of hydrogen-bond donors (Lipinski definition) is 0. The van der Waals surface area contributed by atoms with Crippen molar-refractivity contribution < 1.29 is 18.8 Å². The minimum Gasteiger partial charge on any atom is -0.452 e. The predicted molar refractivity (Wildman–Crippen MR) is 137 cm³/mol. The first kappa shape index (κ1) is 25.8. The maximum atomic E-state index is 12.2. The van der Waals surface area contributed by atoms with E-state index in [1.165, 1.54) is 7.11 Å². The molecule has 0 aliphatic carbocycles. The Balaban J connectivity index is 2.02. The molecule has 1 amide bonds. The zero-order valence-electron chi connectivity index (χ0n) is 20.6. The van der Waals surface area contributed by atoms with Crippen LogP contribution in [0.2, 0.25) is 18.1 Å². The molecule has 3 unspecified atom stereocenters. The SMILES string of the molecule is CC#CC(O[Si](C)(C)C(C)(C)C)C1CON(c2ccccc2Br)C1C1=CN(C(=O)OC)CC1. The smallest absolute Gasteiger partial charge is 0.413 e. The number of methoxy groups -OCH3 is 1. The topological polar surface area (TPSA) is 51.2 Å². The van der Waals surface area contributed by atoms with Gasteiger partial charge >= 0.3 is 6.09 Å². The third-order valence-electron chi connectivity index (χ3n) is 6.81. The Morgan fingerprint density at radius 2 is 2.00 bits per heavy atom. The molecule has 0 saturated carbocycles. The van der Waals surface area contributed by atoms with Gasteiger partial charge < -0.3 is 9.16 Å². The van der Waals surface area contributed by atoms with Gasteiger partial charge in [-0.2, -0.15) is 0 Å². The summed E-state index contributed by atoms with van der Waals surface area (Å²) in [6.45, 7) is 14.1. The Bertz CT molecular complexity index is 963. The molecule has 2 aliphatic heterocycles. The lowest BCUT2D eigenvalue weighted by atomic mass is 9.89. The van der Waals surface area contributed by atoms with Gasteiger partial charge in [0.2, 0.25) is 0 Å². The van der Waals surface area contributed by atoms with Crippen LogP contribution in [0.4, 0.5) is 10.5 Å². The van der Waals surface area contributed by atoms with E-state index in [1.807, 2.05) is 42.5 Å². The number of rotatable bonds is 5. The van der Waals surface area contributed by atoms with Crippen molar-refractivity contribution in [2.75, 3.05) is 25.3 Å². The number of nitrogens with zero attached hydrogens (tertiary/aromatic N) is 2. The van der Waals surface area contributed by atoms with Crippen molar-refractivity contribution >= 4 is 36.0 Å². The summed E-state index contributed by atoms with van der Waals surface area (Å²) < 4.78 is 12.7. The lowest BCUT2D eigenvalue weighted by Gasteiger charge is -2.40. The van der Waals surface area contributed by atoms with Crippen molar-refractivity contribution in [2.45, 2.75) is 64.4 Å². The molecule has 3 atom stereocenters. The molecule has 1 fully saturated rings. The van der Waals surface area contributed by atoms with Crippen molar-refractivity contribution in [3.05, 3.63) is 40.5 Å². The van der Waals surface area contributed by atoms with Crippen LogP contribution in [0.5, 0.6) is 0 Å². The molecule has 0 radical (unpaired) electrons. The van der Waals surface area contributed by atoms with Crippen LogP contribution in [0, 0.1) is 17.8 Å². The molecule has 2 heterocycles. The number of carbonyl (C=O) groups excluding carboxylic acids is 1. The molecule has 180 valence electrons. The van der Waals surface area contributed by atoms with E-state index in [-0.39, 0.29) is 29.2 Å². The number of hydrogen-bond acceptors (Lipinski definition) is 5. The lowest BCUT2D eigenvalue weighted by molar-refractivity contribution is 0.124. The van der Waals surface area contributed by atoms with Gasteiger partial charge in [0.1, 0.15) is 6.10 Å². The summed E-state index contributed by atoms with van der Waals surface area (Å²) in [6, 6.07) is 7.89. The summed E-state index contributed by atoms with van der Waals surface area (Å²) in [5.41, 5.74) is 2.05. The first-order valence-corrected chi connectivity index (χ1v) is 15.0. The van der Waals surface area contributed by atoms with Gasteiger partial charge in [0.05, 0.1) is 25.4 Å². The molecule has 8 heteroatoms. The Labute approximate surface area is 207 Å². The van der Waals surface area contributed by atoms with Crippen molar-refractivity contribution in [1.29, 1.82) is 0 Å². The van der Waals surface area contributed by atoms with Crippen molar-refractivity contribution in [3.63, 3.8) is 0 Å². The Hall–Kier alpha value is -1.79. The van der Waals surface area contributed by atoms with Crippen LogP contribution in [-0.2, 0) is 14.0 Å². The van der Waals surface area contributed by atoms with E-state index >= 15 is 0 Å². The van der Waals surface area contributed by atoms with E-state index in [0.717, 1.165) is 22.2 Å². The first-order valence-electron chi connectivity index (χ1n) is 11.3. The summed E-state index contributed by atoms with van der Waals surface area (Å²) >= 11 is 3.67. The number of hydroxylamine groups is 1. The number of carbonyl (C=O) groups is 1. The van der Waals surface area contributed by atoms with Crippen LogP contribution in [-0.4, -0.2) is 51.7 Å². The normalized spacial score (nSPS) is 22.0. The molecule has 33 heavy (non-hydrogen) atoms. The molecule has 0 aromatic heterocycles. The molecule has 0 spiro atoms. The van der Waals surface area contributed by atoms with Crippen LogP contribution in [0.25, 0.3) is 0 Å². The largest absolute Gasteiger partial charge is 0.452 e. The number of benzene rings is 1. The summed E-state index contributed by atoms with van der Waals surface area (Å²) in [4.78, 5) is 20.1. The van der Waals surface area contributed by atoms with Crippen molar-refractivity contribution in [3.8, 4) is 11.8 Å². The molecule has 3 rings (SSSR count). The second kappa shape index (κ2) is 10.2. The molecule has 0 N–H and O–H groups in total. The fraction of sp³-hybridized carbons (Fsp3) is 0.560. The maximum absolute atomic E-state index is 12.2. The standard InChI is InChI=1S/C25H35BrN2O4Si/c1-8-11-22(32-33(6,7)25(2,3)4)19-17-31-28(21-13-10-9-12-20(21)26)23(19)18-14-15-27(16-18)24(29)30-5/h9-10,12-13,16,19,22-23H,14-15,17H2,1-7H3. The average Bonchev–Trinajstić information content (AvgIpc) is 3.39. The number of ether oxygens (including phenoxy) is 1. The maximum Gasteiger partial charge on any atom is 0.413 e. The van der Waals surface area contributed by atoms with E-state index in [2.05, 4.69) is 61.6 Å². The molecule has 6 nitrogen and oxygen atoms in total. The van der Waals surface area contributed by atoms with Gasteiger partial charge in [-0.05, 0) is 65.1 Å². The van der Waals surface area contributed by atoms with Gasteiger partial charge in [0.25, 0.3) is 0 Å². The van der Waals surface area contributed by atoms with E-state index < -0.39 is 8.32 Å². The molecule has 1 aromatic rings. The van der Waals surface area contributed by atoms with Gasteiger partial charge in [-0.25, -0.2) is 9.86 Å². The number of halogens is 1. The van der Waals surface area contributed by atoms with Gasteiger partial charge in [-0.1, -0.05) is 38.8 Å². The molecule has 2 aliphatic rings. The number of anilines is 1. The van der Waals surface area contributed by atoms with E-state index in [0.29, 0.717) is 13.2 Å². The first-order chi connectivity index (χ1) is 15.5. The van der Waals surface area contributed by atoms with E-state index in [1.54, 1.807) is 4.90 Å². The van der Waals surface area contributed by atoms with Gasteiger partial charge in [0, 0.05) is 23.1 Å². The quantitative estimate of drug-likeness (QED) is 0.344. The van der Waals surface area contributed by atoms with Crippen LogP contribution in [0.1, 0.15) is 34.1 Å². The molecule has 0 bridgehead atoms. The van der Waals surface area contributed by atoms with Crippen molar-refractivity contribution in [1.82, 2.24) is 4.90 Å². The fourth-order valence-corrected chi connectivity index (χ4v) is 5.65. The van der Waals surface area contributed by atoms with E-state index in [9.17, 15) is 4.79 Å². The Morgan fingerprint density at radius 1 is 1.30 bits per heavy atom. The van der Waals surface area contributed by atoms with Crippen molar-refractivity contribution in [2.24, 2.45) is 5.92 Å². The van der Waals surface area contributed by atoms with Gasteiger partial charge in [0.15, 0.2) is 8.32 Å². The minimum absolute atomic E-state index is 0.0115. The van der Waals surface area contributed by atoms with Gasteiger partial charge in [-0.3, -0.25) is 9.74 Å². The summed E-state index contributed by atoms with van der Waals surface area (Å²) in [6.07, 6.45) is 2.02. The summed E-state index contributed by atoms with van der Waals surface area (Å²) in [5.74, 6) is 6.43. The third-order valence-corrected chi connectivity index (χ3v) is 11.9. The molecule has 1 aromatic carbocycles. The zero-order chi connectivity index (χ0) is 24.4. The second-order valence-electron chi connectivity index (χ2n) is 9.99. The van der Waals surface area contributed by atoms with Crippen LogP contribution < -0.4 is 5.06 Å². The van der Waals surface area contributed by atoms with E-state index in [4.69, 9.17) is 14.0 Å². The Kier molecular flexibility index (Phi) is 8.00. The Morgan fingerprint density at radius 3 is 2.61 bits per heavy atom. The zero-order valence-corrected chi connectivity index (χ0v) is 23.2. The molecular weight excluding hydrogens is 500 g/mol. The molecule has 1 saturated heterocycles. The highest BCUT2D eigenvalue weighted by Gasteiger charge is 2.48. The number of para-hydroxylation sites is 1. The van der Waals surface area contributed by atoms with Crippen LogP contribution in [0.15, 0.2) is 40.5 Å².